The van der Waals surface area contributed by atoms with E-state index in [2.05, 4.69) is 4.98 Å². The van der Waals surface area contributed by atoms with E-state index >= 15 is 0 Å². The van der Waals surface area contributed by atoms with Crippen molar-refractivity contribution in [2.24, 2.45) is 5.73 Å². The lowest BCUT2D eigenvalue weighted by atomic mass is 10.3. The molecule has 0 saturated carbocycles. The first-order valence-corrected chi connectivity index (χ1v) is 4.67. The Hall–Kier alpha value is -0.610. The fourth-order valence-electron chi connectivity index (χ4n) is 0.745. The predicted octanol–water partition coefficient (Wildman–Crippen LogP) is 1.44. The maximum atomic E-state index is 5.47. The summed E-state index contributed by atoms with van der Waals surface area (Å²) in [6.45, 7) is 0. The van der Waals surface area contributed by atoms with E-state index in [1.165, 1.54) is 0 Å². The van der Waals surface area contributed by atoms with Crippen LogP contribution in [0.5, 0.6) is 0 Å². The summed E-state index contributed by atoms with van der Waals surface area (Å²) in [6, 6.07) is 1.90. The minimum Gasteiger partial charge on any atom is -0.389 e. The van der Waals surface area contributed by atoms with Crippen LogP contribution in [0.3, 0.4) is 0 Å². The molecule has 0 aliphatic carbocycles. The Morgan fingerprint density at radius 3 is 2.91 bits per heavy atom. The van der Waals surface area contributed by atoms with Crippen molar-refractivity contribution in [3.63, 3.8) is 0 Å². The standard InChI is InChI=1S/C7H8N2S2/c1-11-6-2-3-9-4-5(6)7(8)10/h2-4H,1H3,(H2,8,10). The number of pyridine rings is 1. The minimum atomic E-state index is 0.405. The molecule has 1 aromatic rings. The van der Waals surface area contributed by atoms with Crippen LogP contribution in [0.1, 0.15) is 5.56 Å². The van der Waals surface area contributed by atoms with Gasteiger partial charge in [-0.15, -0.1) is 11.8 Å². The number of nitrogens with zero attached hydrogens (tertiary/aromatic N) is 1. The maximum Gasteiger partial charge on any atom is 0.106 e. The van der Waals surface area contributed by atoms with Crippen LogP contribution < -0.4 is 5.73 Å². The molecule has 0 saturated heterocycles. The zero-order valence-electron chi connectivity index (χ0n) is 6.07. The van der Waals surface area contributed by atoms with Crippen LogP contribution in [0.15, 0.2) is 23.4 Å². The fraction of sp³-hybridized carbons (Fsp3) is 0.143. The Balaban J connectivity index is 3.12. The van der Waals surface area contributed by atoms with Gasteiger partial charge in [0.15, 0.2) is 0 Å². The molecular formula is C7H8N2S2. The quantitative estimate of drug-likeness (QED) is 0.557. The van der Waals surface area contributed by atoms with Gasteiger partial charge in [0.05, 0.1) is 0 Å². The summed E-state index contributed by atoms with van der Waals surface area (Å²) in [5.41, 5.74) is 6.32. The monoisotopic (exact) mass is 184 g/mol. The van der Waals surface area contributed by atoms with E-state index in [0.717, 1.165) is 10.5 Å². The zero-order valence-corrected chi connectivity index (χ0v) is 7.71. The summed E-state index contributed by atoms with van der Waals surface area (Å²) in [5.74, 6) is 0. The van der Waals surface area contributed by atoms with Gasteiger partial charge in [0.25, 0.3) is 0 Å². The second kappa shape index (κ2) is 3.69. The van der Waals surface area contributed by atoms with E-state index in [4.69, 9.17) is 18.0 Å². The van der Waals surface area contributed by atoms with Gasteiger partial charge in [0.1, 0.15) is 4.99 Å². The highest BCUT2D eigenvalue weighted by Crippen LogP contribution is 2.17. The zero-order chi connectivity index (χ0) is 8.27. The number of hydrogen-bond donors (Lipinski definition) is 1. The molecule has 0 amide bonds. The van der Waals surface area contributed by atoms with Crippen LogP contribution in [0, 0.1) is 0 Å². The topological polar surface area (TPSA) is 38.9 Å². The van der Waals surface area contributed by atoms with Crippen molar-refractivity contribution in [1.29, 1.82) is 0 Å². The van der Waals surface area contributed by atoms with Gasteiger partial charge in [0, 0.05) is 22.9 Å². The summed E-state index contributed by atoms with van der Waals surface area (Å²) < 4.78 is 0. The third-order valence-corrected chi connectivity index (χ3v) is 2.28. The Kier molecular flexibility index (Phi) is 2.84. The van der Waals surface area contributed by atoms with E-state index in [0.29, 0.717) is 4.99 Å². The number of thioether (sulfide) groups is 1. The van der Waals surface area contributed by atoms with Gasteiger partial charge in [-0.1, -0.05) is 12.2 Å². The molecule has 0 fully saturated rings. The smallest absolute Gasteiger partial charge is 0.106 e. The molecule has 1 aromatic heterocycles. The lowest BCUT2D eigenvalue weighted by Crippen LogP contribution is -2.10. The van der Waals surface area contributed by atoms with Gasteiger partial charge >= 0.3 is 0 Å². The highest BCUT2D eigenvalue weighted by atomic mass is 32.2. The van der Waals surface area contributed by atoms with Gasteiger partial charge < -0.3 is 5.73 Å². The highest BCUT2D eigenvalue weighted by Gasteiger charge is 2.01. The van der Waals surface area contributed by atoms with Gasteiger partial charge in [-0.25, -0.2) is 0 Å². The minimum absolute atomic E-state index is 0.405. The Bertz CT molecular complexity index is 273. The summed E-state index contributed by atoms with van der Waals surface area (Å²) in [4.78, 5) is 5.42. The molecule has 58 valence electrons. The normalized spacial score (nSPS) is 9.55. The van der Waals surface area contributed by atoms with E-state index < -0.39 is 0 Å². The molecule has 0 aromatic carbocycles. The lowest BCUT2D eigenvalue weighted by molar-refractivity contribution is 1.24. The van der Waals surface area contributed by atoms with Gasteiger partial charge in [-0.3, -0.25) is 4.98 Å². The molecule has 0 aliphatic rings. The lowest BCUT2D eigenvalue weighted by Gasteiger charge is -2.02. The van der Waals surface area contributed by atoms with E-state index in [-0.39, 0.29) is 0 Å². The van der Waals surface area contributed by atoms with Crippen LogP contribution in [0.4, 0.5) is 0 Å². The van der Waals surface area contributed by atoms with E-state index in [9.17, 15) is 0 Å². The van der Waals surface area contributed by atoms with E-state index in [1.54, 1.807) is 24.2 Å². The third kappa shape index (κ3) is 1.91. The van der Waals surface area contributed by atoms with Crippen LogP contribution in [-0.2, 0) is 0 Å². The molecule has 0 atom stereocenters. The molecule has 2 nitrogen and oxygen atoms in total. The predicted molar refractivity (Wildman–Crippen MR) is 51.9 cm³/mol. The average Bonchev–Trinajstić information content (AvgIpc) is 2.04. The largest absolute Gasteiger partial charge is 0.389 e. The molecular weight excluding hydrogens is 176 g/mol. The van der Waals surface area contributed by atoms with Gasteiger partial charge in [-0.2, -0.15) is 0 Å². The number of thiocarbonyl (C=S) groups is 1. The SMILES string of the molecule is CSc1ccncc1C(N)=S. The highest BCUT2D eigenvalue weighted by molar-refractivity contribution is 7.98. The van der Waals surface area contributed by atoms with Crippen LogP contribution in [0.2, 0.25) is 0 Å². The van der Waals surface area contributed by atoms with Gasteiger partial charge in [0.2, 0.25) is 0 Å². The van der Waals surface area contributed by atoms with Crippen LogP contribution in [0.25, 0.3) is 0 Å². The van der Waals surface area contributed by atoms with Crippen molar-refractivity contribution < 1.29 is 0 Å². The van der Waals surface area contributed by atoms with Crippen molar-refractivity contribution >= 4 is 29.0 Å². The van der Waals surface area contributed by atoms with Crippen molar-refractivity contribution in [3.05, 3.63) is 24.0 Å². The maximum absolute atomic E-state index is 5.47. The molecule has 11 heavy (non-hydrogen) atoms. The number of nitrogens with two attached hydrogens (primary N) is 1. The number of aromatic nitrogens is 1. The van der Waals surface area contributed by atoms with Gasteiger partial charge in [-0.05, 0) is 12.3 Å². The van der Waals surface area contributed by atoms with Crippen molar-refractivity contribution in [2.75, 3.05) is 6.26 Å². The summed E-state index contributed by atoms with van der Waals surface area (Å²) in [5, 5.41) is 0. The van der Waals surface area contributed by atoms with Crippen molar-refractivity contribution in [2.45, 2.75) is 4.90 Å². The van der Waals surface area contributed by atoms with Crippen LogP contribution >= 0.6 is 24.0 Å². The second-order valence-corrected chi connectivity index (χ2v) is 3.23. The molecule has 0 radical (unpaired) electrons. The molecule has 0 aliphatic heterocycles. The second-order valence-electron chi connectivity index (χ2n) is 1.94. The number of rotatable bonds is 2. The van der Waals surface area contributed by atoms with E-state index in [1.807, 2.05) is 12.3 Å². The summed E-state index contributed by atoms with van der Waals surface area (Å²) in [7, 11) is 0. The molecule has 1 rings (SSSR count). The molecule has 4 heteroatoms. The van der Waals surface area contributed by atoms with Crippen molar-refractivity contribution in [1.82, 2.24) is 4.98 Å². The van der Waals surface area contributed by atoms with Crippen molar-refractivity contribution in [3.8, 4) is 0 Å². The summed E-state index contributed by atoms with van der Waals surface area (Å²) >= 11 is 6.46. The molecule has 0 bridgehead atoms. The molecule has 1 heterocycles. The Morgan fingerprint density at radius 2 is 2.45 bits per heavy atom. The first-order valence-electron chi connectivity index (χ1n) is 3.03. The Morgan fingerprint density at radius 1 is 1.73 bits per heavy atom. The fourth-order valence-corrected chi connectivity index (χ4v) is 1.55. The molecule has 2 N–H and O–H groups in total. The average molecular weight is 184 g/mol. The number of hydrogen-bond acceptors (Lipinski definition) is 3. The third-order valence-electron chi connectivity index (χ3n) is 1.27. The van der Waals surface area contributed by atoms with Crippen LogP contribution in [-0.4, -0.2) is 16.2 Å². The Labute approximate surface area is 75.2 Å². The molecule has 0 spiro atoms. The molecule has 0 unspecified atom stereocenters. The summed E-state index contributed by atoms with van der Waals surface area (Å²) in [6.07, 6.45) is 5.40. The first-order chi connectivity index (χ1) is 5.25. The first kappa shape index (κ1) is 8.49.